The van der Waals surface area contributed by atoms with Gasteiger partial charge in [0.1, 0.15) is 34.5 Å². The number of aromatic nitrogens is 6. The second-order valence-electron chi connectivity index (χ2n) is 38.6. The average Bonchev–Trinajstić information content (AvgIpc) is 1.50. The number of hydrogen-bond acceptors (Lipinski definition) is 9. The van der Waals surface area contributed by atoms with Crippen molar-refractivity contribution < 1.29 is 14.2 Å². The van der Waals surface area contributed by atoms with E-state index in [0.29, 0.717) is 23.2 Å². The Kier molecular flexibility index (Phi) is 18.4. The third kappa shape index (κ3) is 12.2. The van der Waals surface area contributed by atoms with Gasteiger partial charge in [0.05, 0.1) is 67.1 Å². The molecule has 0 amide bonds. The SMILES string of the molecule is c1ccc(-c2cc(-c3ccccc3-c3cccc(-c4cccc5c4-c4ccccc4C54c5ccccc5Oc5c(-c6nc(-c7ccccc7)cc(-c7ccc8c(-c9ccc%10c(c9)-c9ccccc9C%109c%10ccccc%10Oc%10c(-c%11nc(-c%12ccccc%12)cc(-c%12cccc%13ccccc%12%13)n%11)cccc%109)cccc8c7)n6)cccc54)c3)nc(-c3cccc4c3Oc3ccccc3C43c4ccccc4-c4ccccc43)n2)cc1. The Morgan fingerprint density at radius 1 is 0.144 bits per heavy atom. The van der Waals surface area contributed by atoms with Crippen LogP contribution in [0.25, 0.3) is 190 Å². The Hall–Kier alpha value is -19.2. The Bertz CT molecular complexity index is 9600. The van der Waals surface area contributed by atoms with Gasteiger partial charge in [-0.25, -0.2) is 29.9 Å². The van der Waals surface area contributed by atoms with E-state index in [1.165, 1.54) is 38.9 Å². The summed E-state index contributed by atoms with van der Waals surface area (Å²) in [4.78, 5) is 33.6. The molecule has 9 heteroatoms. The highest BCUT2D eigenvalue weighted by Gasteiger charge is 2.56. The summed E-state index contributed by atoms with van der Waals surface area (Å²) in [6, 6.07) is 179. The van der Waals surface area contributed by atoms with Crippen LogP contribution in [0.3, 0.4) is 0 Å². The molecule has 3 aliphatic heterocycles. The van der Waals surface area contributed by atoms with Gasteiger partial charge in [-0.05, 0) is 194 Å². The molecular weight excluding hydrogens is 1780 g/mol. The van der Waals surface area contributed by atoms with Crippen molar-refractivity contribution in [1.82, 2.24) is 29.9 Å². The van der Waals surface area contributed by atoms with E-state index >= 15 is 0 Å². The molecule has 2 unspecified atom stereocenters. The summed E-state index contributed by atoms with van der Waals surface area (Å²) in [5.74, 6) is 6.19. The van der Waals surface area contributed by atoms with Crippen LogP contribution in [-0.4, -0.2) is 29.9 Å². The Balaban J connectivity index is 0.520. The molecule has 21 aromatic carbocycles. The zero-order valence-electron chi connectivity index (χ0n) is 78.8. The number of ether oxygens (including phenoxy) is 3. The number of rotatable bonds is 12. The van der Waals surface area contributed by atoms with E-state index in [-0.39, 0.29) is 0 Å². The van der Waals surface area contributed by atoms with Crippen molar-refractivity contribution in [3.8, 4) is 203 Å². The van der Waals surface area contributed by atoms with Crippen LogP contribution in [0.4, 0.5) is 0 Å². The molecule has 0 fully saturated rings. The van der Waals surface area contributed by atoms with Gasteiger partial charge < -0.3 is 14.2 Å². The maximum absolute atomic E-state index is 7.53. The first-order chi connectivity index (χ1) is 72.4. The number of nitrogens with zero attached hydrogens (tertiary/aromatic N) is 6. The highest BCUT2D eigenvalue weighted by Crippen LogP contribution is 2.69. The lowest BCUT2D eigenvalue weighted by Gasteiger charge is -2.40. The summed E-state index contributed by atoms with van der Waals surface area (Å²) in [5.41, 5.74) is 37.7. The summed E-state index contributed by atoms with van der Waals surface area (Å²) in [6.45, 7) is 0. The first kappa shape index (κ1) is 82.7. The van der Waals surface area contributed by atoms with Crippen molar-refractivity contribution in [2.45, 2.75) is 16.2 Å². The molecule has 0 radical (unpaired) electrons. The zero-order chi connectivity index (χ0) is 95.9. The molecule has 2 atom stereocenters. The van der Waals surface area contributed by atoms with Crippen LogP contribution in [-0.2, 0) is 16.2 Å². The summed E-state index contributed by atoms with van der Waals surface area (Å²) in [7, 11) is 0. The molecule has 6 aliphatic rings. The van der Waals surface area contributed by atoms with Crippen LogP contribution in [0, 0.1) is 0 Å². The Morgan fingerprint density at radius 2 is 0.445 bits per heavy atom. The van der Waals surface area contributed by atoms with Crippen LogP contribution in [0.1, 0.15) is 66.8 Å². The van der Waals surface area contributed by atoms with E-state index in [1.807, 2.05) is 6.07 Å². The number of benzene rings is 21. The van der Waals surface area contributed by atoms with Crippen LogP contribution in [0.15, 0.2) is 497 Å². The van der Waals surface area contributed by atoms with Crippen LogP contribution in [0.5, 0.6) is 34.5 Å². The van der Waals surface area contributed by atoms with Crippen molar-refractivity contribution in [1.29, 1.82) is 0 Å². The average molecular weight is 1860 g/mol. The van der Waals surface area contributed by atoms with Gasteiger partial charge in [-0.3, -0.25) is 0 Å². The predicted molar refractivity (Wildman–Crippen MR) is 586 cm³/mol. The highest BCUT2D eigenvalue weighted by molar-refractivity contribution is 6.04. The lowest BCUT2D eigenvalue weighted by atomic mass is 9.65. The molecule has 678 valence electrons. The third-order valence-electron chi connectivity index (χ3n) is 31.2. The van der Waals surface area contributed by atoms with E-state index in [2.05, 4.69) is 491 Å². The quantitative estimate of drug-likeness (QED) is 0.118. The van der Waals surface area contributed by atoms with Gasteiger partial charge >= 0.3 is 0 Å². The van der Waals surface area contributed by atoms with Gasteiger partial charge in [-0.1, -0.05) is 425 Å². The van der Waals surface area contributed by atoms with Gasteiger partial charge in [-0.2, -0.15) is 0 Å². The first-order valence-corrected chi connectivity index (χ1v) is 49.8. The fourth-order valence-corrected chi connectivity index (χ4v) is 25.1. The fraction of sp³-hybridized carbons (Fsp3) is 0.0219. The van der Waals surface area contributed by atoms with Crippen molar-refractivity contribution in [2.24, 2.45) is 0 Å². The topological polar surface area (TPSA) is 105 Å². The molecule has 0 saturated carbocycles. The van der Waals surface area contributed by atoms with Gasteiger partial charge in [0, 0.05) is 66.8 Å². The summed E-state index contributed by atoms with van der Waals surface area (Å²) < 4.78 is 22.2. The molecular formula is C137H82N6O3. The van der Waals surface area contributed by atoms with Crippen molar-refractivity contribution in [3.05, 3.63) is 564 Å². The second kappa shape index (κ2) is 32.4. The maximum Gasteiger partial charge on any atom is 0.164 e. The standard InChI is InChI=1S/C137H82N6O3/c1-4-36-84(37-5-1)119-80-122(91-73-75-95-88(78-91)45-30-53-93(95)90-74-76-111-106(79-90)99-50-16-20-61-109(99)136(111)113-64-23-26-71-126(113)145-130-105(58-33-68-117(130)136)134-140-121(86-40-8-3-9-41-86)82-124(143-134)101-55-29-42-83-35-10-11-46-92(83)101)141-132(138-119)103-56-34-69-118-131(103)146-127-72-27-24-65-114(127)137(118)110-62-21-17-52-102(110)128-96(54-31-66-115(128)137)89-44-28-43-87(77-89)94-47-12-13-51-100(94)123-81-120(85-38-6-2-7-39-85)139-133(142-123)104-57-32-67-116-129(104)144-125-70-25-22-63-112(125)135(116)107-59-18-14-48-97(107)98-49-15-19-60-108(98)135/h1-82H. The van der Waals surface area contributed by atoms with E-state index in [9.17, 15) is 0 Å². The predicted octanol–water partition coefficient (Wildman–Crippen LogP) is 33.8. The van der Waals surface area contributed by atoms with E-state index in [1.54, 1.807) is 0 Å². The van der Waals surface area contributed by atoms with Crippen molar-refractivity contribution in [2.75, 3.05) is 0 Å². The minimum atomic E-state index is -0.865. The third-order valence-corrected chi connectivity index (χ3v) is 31.2. The minimum absolute atomic E-state index is 0.543. The van der Waals surface area contributed by atoms with Gasteiger partial charge in [0.15, 0.2) is 17.5 Å². The van der Waals surface area contributed by atoms with Crippen LogP contribution >= 0.6 is 0 Å². The molecule has 0 N–H and O–H groups in total. The number of hydrogen-bond donors (Lipinski definition) is 0. The molecule has 9 nitrogen and oxygen atoms in total. The first-order valence-electron chi connectivity index (χ1n) is 49.8. The maximum atomic E-state index is 7.53. The number of para-hydroxylation sites is 6. The minimum Gasteiger partial charge on any atom is -0.456 e. The van der Waals surface area contributed by atoms with Crippen molar-refractivity contribution in [3.63, 3.8) is 0 Å². The number of fused-ring (bicyclic) bond motifs is 29. The Morgan fingerprint density at radius 3 is 0.966 bits per heavy atom. The largest absolute Gasteiger partial charge is 0.456 e. The monoisotopic (exact) mass is 1860 g/mol. The molecule has 30 rings (SSSR count). The molecule has 146 heavy (non-hydrogen) atoms. The van der Waals surface area contributed by atoms with E-state index in [4.69, 9.17) is 44.1 Å². The van der Waals surface area contributed by atoms with Gasteiger partial charge in [0.25, 0.3) is 0 Å². The summed E-state index contributed by atoms with van der Waals surface area (Å²) in [6.07, 6.45) is 0. The van der Waals surface area contributed by atoms with Crippen molar-refractivity contribution >= 4 is 21.5 Å². The molecule has 0 bridgehead atoms. The smallest absolute Gasteiger partial charge is 0.164 e. The summed E-state index contributed by atoms with van der Waals surface area (Å²) >= 11 is 0. The van der Waals surface area contributed by atoms with Crippen LogP contribution in [0.2, 0.25) is 0 Å². The van der Waals surface area contributed by atoms with Gasteiger partial charge in [0.2, 0.25) is 0 Å². The normalized spacial score (nSPS) is 14.8. The highest BCUT2D eigenvalue weighted by atomic mass is 16.5. The lowest BCUT2D eigenvalue weighted by molar-refractivity contribution is 0.437. The Labute approximate surface area is 843 Å². The molecule has 3 aromatic heterocycles. The molecule has 3 spiro atoms. The second-order valence-corrected chi connectivity index (χ2v) is 38.6. The summed E-state index contributed by atoms with van der Waals surface area (Å²) in [5, 5.41) is 4.45. The zero-order valence-corrected chi connectivity index (χ0v) is 78.8. The molecule has 0 saturated heterocycles. The fourth-order valence-electron chi connectivity index (χ4n) is 25.1. The van der Waals surface area contributed by atoms with Crippen LogP contribution < -0.4 is 14.2 Å². The molecule has 6 heterocycles. The molecule has 3 aliphatic carbocycles. The lowest BCUT2D eigenvalue weighted by Crippen LogP contribution is -2.32. The van der Waals surface area contributed by atoms with Gasteiger partial charge in [-0.15, -0.1) is 0 Å². The van der Waals surface area contributed by atoms with E-state index < -0.39 is 16.2 Å². The molecule has 24 aromatic rings. The van der Waals surface area contributed by atoms with E-state index in [0.717, 1.165) is 229 Å².